The SMILES string of the molecule is OCc1ccc(OCc2sccc2Br)c(F)c1. The van der Waals surface area contributed by atoms with Gasteiger partial charge in [-0.15, -0.1) is 11.3 Å². The van der Waals surface area contributed by atoms with Crippen LogP contribution in [0, 0.1) is 5.82 Å². The topological polar surface area (TPSA) is 29.5 Å². The maximum absolute atomic E-state index is 13.5. The average molecular weight is 317 g/mol. The molecule has 0 saturated heterocycles. The third-order valence-corrected chi connectivity index (χ3v) is 4.13. The fourth-order valence-electron chi connectivity index (χ4n) is 1.33. The molecule has 1 N–H and O–H groups in total. The lowest BCUT2D eigenvalue weighted by Gasteiger charge is -2.07. The monoisotopic (exact) mass is 316 g/mol. The molecule has 0 aliphatic carbocycles. The summed E-state index contributed by atoms with van der Waals surface area (Å²) in [6, 6.07) is 6.37. The van der Waals surface area contributed by atoms with E-state index in [9.17, 15) is 4.39 Å². The van der Waals surface area contributed by atoms with Gasteiger partial charge in [-0.3, -0.25) is 0 Å². The molecule has 0 unspecified atom stereocenters. The second kappa shape index (κ2) is 5.62. The van der Waals surface area contributed by atoms with Gasteiger partial charge in [-0.2, -0.15) is 0 Å². The highest BCUT2D eigenvalue weighted by Gasteiger charge is 2.07. The molecule has 90 valence electrons. The lowest BCUT2D eigenvalue weighted by Crippen LogP contribution is -1.97. The molecule has 0 fully saturated rings. The zero-order valence-corrected chi connectivity index (χ0v) is 11.2. The van der Waals surface area contributed by atoms with Gasteiger partial charge in [0.05, 0.1) is 11.5 Å². The van der Waals surface area contributed by atoms with Crippen LogP contribution in [-0.2, 0) is 13.2 Å². The van der Waals surface area contributed by atoms with Crippen molar-refractivity contribution in [2.75, 3.05) is 0 Å². The minimum Gasteiger partial charge on any atom is -0.485 e. The van der Waals surface area contributed by atoms with Crippen molar-refractivity contribution in [1.82, 2.24) is 0 Å². The highest BCUT2D eigenvalue weighted by atomic mass is 79.9. The smallest absolute Gasteiger partial charge is 0.165 e. The average Bonchev–Trinajstić information content (AvgIpc) is 2.73. The first-order chi connectivity index (χ1) is 8.20. The van der Waals surface area contributed by atoms with E-state index in [2.05, 4.69) is 15.9 Å². The molecule has 5 heteroatoms. The van der Waals surface area contributed by atoms with Gasteiger partial charge in [0.25, 0.3) is 0 Å². The molecule has 0 aliphatic rings. The molecule has 2 aromatic rings. The molecule has 0 bridgehead atoms. The largest absolute Gasteiger partial charge is 0.485 e. The van der Waals surface area contributed by atoms with Crippen molar-refractivity contribution in [3.8, 4) is 5.75 Å². The van der Waals surface area contributed by atoms with Crippen molar-refractivity contribution in [2.45, 2.75) is 13.2 Å². The van der Waals surface area contributed by atoms with Gasteiger partial charge in [0.1, 0.15) is 6.61 Å². The Morgan fingerprint density at radius 2 is 2.18 bits per heavy atom. The summed E-state index contributed by atoms with van der Waals surface area (Å²) in [6.45, 7) is 0.154. The van der Waals surface area contributed by atoms with Crippen molar-refractivity contribution < 1.29 is 14.2 Å². The third-order valence-electron chi connectivity index (χ3n) is 2.23. The lowest BCUT2D eigenvalue weighted by atomic mass is 10.2. The molecule has 2 rings (SSSR count). The second-order valence-electron chi connectivity index (χ2n) is 3.40. The van der Waals surface area contributed by atoms with Crippen molar-refractivity contribution >= 4 is 27.3 Å². The van der Waals surface area contributed by atoms with E-state index in [1.807, 2.05) is 11.4 Å². The normalized spacial score (nSPS) is 10.5. The van der Waals surface area contributed by atoms with Crippen LogP contribution >= 0.6 is 27.3 Å². The van der Waals surface area contributed by atoms with E-state index in [1.165, 1.54) is 12.1 Å². The molecular formula is C12H10BrFO2S. The van der Waals surface area contributed by atoms with Gasteiger partial charge in [-0.1, -0.05) is 6.07 Å². The fraction of sp³-hybridized carbons (Fsp3) is 0.167. The Bertz CT molecular complexity index is 513. The maximum atomic E-state index is 13.5. The van der Waals surface area contributed by atoms with E-state index >= 15 is 0 Å². The van der Waals surface area contributed by atoms with Gasteiger partial charge in [0, 0.05) is 4.47 Å². The number of aliphatic hydroxyl groups is 1. The first kappa shape index (κ1) is 12.5. The van der Waals surface area contributed by atoms with Gasteiger partial charge in [-0.05, 0) is 45.1 Å². The van der Waals surface area contributed by atoms with Gasteiger partial charge in [-0.25, -0.2) is 4.39 Å². The third kappa shape index (κ3) is 3.06. The predicted octanol–water partition coefficient (Wildman–Crippen LogP) is 3.72. The van der Waals surface area contributed by atoms with Crippen LogP contribution in [0.3, 0.4) is 0 Å². The Labute approximate surface area is 111 Å². The highest BCUT2D eigenvalue weighted by Crippen LogP contribution is 2.25. The number of ether oxygens (including phenoxy) is 1. The molecule has 0 aliphatic heterocycles. The molecule has 17 heavy (non-hydrogen) atoms. The van der Waals surface area contributed by atoms with E-state index in [1.54, 1.807) is 17.4 Å². The minimum absolute atomic E-state index is 0.173. The summed E-state index contributed by atoms with van der Waals surface area (Å²) in [5.41, 5.74) is 0.534. The molecule has 2 nitrogen and oxygen atoms in total. The molecule has 0 amide bonds. The summed E-state index contributed by atoms with van der Waals surface area (Å²) in [7, 11) is 0. The summed E-state index contributed by atoms with van der Waals surface area (Å²) in [6.07, 6.45) is 0. The number of hydrogen-bond donors (Lipinski definition) is 1. The van der Waals surface area contributed by atoms with E-state index in [4.69, 9.17) is 9.84 Å². The van der Waals surface area contributed by atoms with Gasteiger partial charge in [0.15, 0.2) is 11.6 Å². The van der Waals surface area contributed by atoms with Crippen LogP contribution in [0.5, 0.6) is 5.75 Å². The zero-order valence-electron chi connectivity index (χ0n) is 8.82. The van der Waals surface area contributed by atoms with E-state index in [0.29, 0.717) is 12.2 Å². The number of rotatable bonds is 4. The standard InChI is InChI=1S/C12H10BrFO2S/c13-9-3-4-17-12(9)7-16-11-2-1-8(6-15)5-10(11)14/h1-5,15H,6-7H2. The van der Waals surface area contributed by atoms with Crippen LogP contribution in [-0.4, -0.2) is 5.11 Å². The predicted molar refractivity (Wildman–Crippen MR) is 68.7 cm³/mol. The molecule has 0 radical (unpaired) electrons. The Balaban J connectivity index is 2.07. The summed E-state index contributed by atoms with van der Waals surface area (Å²) in [5.74, 6) is -0.258. The molecule has 1 aromatic heterocycles. The number of benzene rings is 1. The molecule has 1 heterocycles. The number of thiophene rings is 1. The molecule has 1 aromatic carbocycles. The van der Waals surface area contributed by atoms with Crippen molar-refractivity contribution in [1.29, 1.82) is 0 Å². The Kier molecular flexibility index (Phi) is 4.15. The Morgan fingerprint density at radius 3 is 2.76 bits per heavy atom. The number of aliphatic hydroxyl groups excluding tert-OH is 1. The summed E-state index contributed by atoms with van der Waals surface area (Å²) < 4.78 is 19.9. The molecule has 0 saturated carbocycles. The molecular weight excluding hydrogens is 307 g/mol. The van der Waals surface area contributed by atoms with Crippen LogP contribution in [0.15, 0.2) is 34.1 Å². The van der Waals surface area contributed by atoms with E-state index in [-0.39, 0.29) is 12.4 Å². The van der Waals surface area contributed by atoms with E-state index < -0.39 is 5.82 Å². The summed E-state index contributed by atoms with van der Waals surface area (Å²) >= 11 is 4.93. The number of halogens is 2. The molecule has 0 atom stereocenters. The number of hydrogen-bond acceptors (Lipinski definition) is 3. The van der Waals surface area contributed by atoms with Crippen LogP contribution in [0.1, 0.15) is 10.4 Å². The quantitative estimate of drug-likeness (QED) is 0.931. The fourth-order valence-corrected chi connectivity index (χ4v) is 2.71. The summed E-state index contributed by atoms with van der Waals surface area (Å²) in [4.78, 5) is 1.01. The van der Waals surface area contributed by atoms with E-state index in [0.717, 1.165) is 9.35 Å². The lowest BCUT2D eigenvalue weighted by molar-refractivity contribution is 0.277. The maximum Gasteiger partial charge on any atom is 0.165 e. The summed E-state index contributed by atoms with van der Waals surface area (Å²) in [5, 5.41) is 10.8. The van der Waals surface area contributed by atoms with Crippen LogP contribution < -0.4 is 4.74 Å². The Hall–Kier alpha value is -0.910. The van der Waals surface area contributed by atoms with Crippen molar-refractivity contribution in [3.63, 3.8) is 0 Å². The minimum atomic E-state index is -0.454. The van der Waals surface area contributed by atoms with Crippen molar-refractivity contribution in [2.24, 2.45) is 0 Å². The first-order valence-corrected chi connectivity index (χ1v) is 6.62. The van der Waals surface area contributed by atoms with Crippen molar-refractivity contribution in [3.05, 3.63) is 50.4 Å². The van der Waals surface area contributed by atoms with Gasteiger partial charge < -0.3 is 9.84 Å². The first-order valence-electron chi connectivity index (χ1n) is 4.94. The zero-order chi connectivity index (χ0) is 12.3. The second-order valence-corrected chi connectivity index (χ2v) is 5.26. The van der Waals surface area contributed by atoms with Crippen LogP contribution in [0.4, 0.5) is 4.39 Å². The van der Waals surface area contributed by atoms with Gasteiger partial charge >= 0.3 is 0 Å². The van der Waals surface area contributed by atoms with Gasteiger partial charge in [0.2, 0.25) is 0 Å². The highest BCUT2D eigenvalue weighted by molar-refractivity contribution is 9.10. The molecule has 0 spiro atoms. The van der Waals surface area contributed by atoms with Crippen LogP contribution in [0.2, 0.25) is 0 Å². The Morgan fingerprint density at radius 1 is 1.35 bits per heavy atom. The van der Waals surface area contributed by atoms with Crippen LogP contribution in [0.25, 0.3) is 0 Å².